The SMILES string of the molecule is COc1ccc(OCC(=O)N2CCN(C[C@H]3CC=CCC3)CC2)cc1. The summed E-state index contributed by atoms with van der Waals surface area (Å²) in [5, 5.41) is 0. The second-order valence-electron chi connectivity index (χ2n) is 6.80. The molecular formula is C20H28N2O3. The number of hydrogen-bond donors (Lipinski definition) is 0. The van der Waals surface area contributed by atoms with E-state index >= 15 is 0 Å². The van der Waals surface area contributed by atoms with Gasteiger partial charge in [0, 0.05) is 32.7 Å². The number of amides is 1. The van der Waals surface area contributed by atoms with E-state index in [4.69, 9.17) is 9.47 Å². The summed E-state index contributed by atoms with van der Waals surface area (Å²) in [7, 11) is 1.63. The van der Waals surface area contributed by atoms with Crippen LogP contribution in [0.2, 0.25) is 0 Å². The summed E-state index contributed by atoms with van der Waals surface area (Å²) in [5.74, 6) is 2.32. The van der Waals surface area contributed by atoms with Gasteiger partial charge in [-0.2, -0.15) is 0 Å². The topological polar surface area (TPSA) is 42.0 Å². The largest absolute Gasteiger partial charge is 0.497 e. The minimum atomic E-state index is 0.0658. The Labute approximate surface area is 150 Å². The number of carbonyl (C=O) groups excluding carboxylic acids is 1. The summed E-state index contributed by atoms with van der Waals surface area (Å²) >= 11 is 0. The number of benzene rings is 1. The van der Waals surface area contributed by atoms with E-state index in [1.165, 1.54) is 19.3 Å². The van der Waals surface area contributed by atoms with Crippen molar-refractivity contribution in [2.24, 2.45) is 5.92 Å². The highest BCUT2D eigenvalue weighted by atomic mass is 16.5. The number of methoxy groups -OCH3 is 1. The van der Waals surface area contributed by atoms with Crippen molar-refractivity contribution in [3.05, 3.63) is 36.4 Å². The Hall–Kier alpha value is -2.01. The minimum absolute atomic E-state index is 0.0658. The highest BCUT2D eigenvalue weighted by Crippen LogP contribution is 2.20. The van der Waals surface area contributed by atoms with Crippen LogP contribution in [0.4, 0.5) is 0 Å². The molecule has 1 amide bonds. The molecule has 1 aliphatic heterocycles. The van der Waals surface area contributed by atoms with E-state index in [0.717, 1.165) is 44.4 Å². The van der Waals surface area contributed by atoms with Crippen molar-refractivity contribution in [1.82, 2.24) is 9.80 Å². The first kappa shape index (κ1) is 17.8. The van der Waals surface area contributed by atoms with Crippen LogP contribution in [0.15, 0.2) is 36.4 Å². The van der Waals surface area contributed by atoms with Crippen LogP contribution in [0.1, 0.15) is 19.3 Å². The van der Waals surface area contributed by atoms with E-state index in [-0.39, 0.29) is 12.5 Å². The first-order valence-electron chi connectivity index (χ1n) is 9.16. The van der Waals surface area contributed by atoms with Crippen molar-refractivity contribution in [1.29, 1.82) is 0 Å². The predicted molar refractivity (Wildman–Crippen MR) is 98.0 cm³/mol. The number of hydrogen-bond acceptors (Lipinski definition) is 4. The molecule has 25 heavy (non-hydrogen) atoms. The molecule has 0 N–H and O–H groups in total. The number of allylic oxidation sites excluding steroid dienone is 2. The van der Waals surface area contributed by atoms with E-state index in [1.807, 2.05) is 29.2 Å². The van der Waals surface area contributed by atoms with E-state index in [0.29, 0.717) is 5.75 Å². The lowest BCUT2D eigenvalue weighted by molar-refractivity contribution is -0.135. The van der Waals surface area contributed by atoms with Gasteiger partial charge in [0.05, 0.1) is 7.11 Å². The summed E-state index contributed by atoms with van der Waals surface area (Å²) in [6.07, 6.45) is 8.31. The van der Waals surface area contributed by atoms with Gasteiger partial charge in [0.25, 0.3) is 5.91 Å². The van der Waals surface area contributed by atoms with Gasteiger partial charge in [-0.05, 0) is 49.4 Å². The van der Waals surface area contributed by atoms with Gasteiger partial charge in [0.2, 0.25) is 0 Å². The summed E-state index contributed by atoms with van der Waals surface area (Å²) in [6.45, 7) is 4.79. The van der Waals surface area contributed by atoms with Gasteiger partial charge in [0.15, 0.2) is 6.61 Å². The Morgan fingerprint density at radius 1 is 1.08 bits per heavy atom. The maximum absolute atomic E-state index is 12.3. The van der Waals surface area contributed by atoms with Crippen LogP contribution in [0.3, 0.4) is 0 Å². The first-order valence-corrected chi connectivity index (χ1v) is 9.16. The molecule has 1 aromatic rings. The molecule has 136 valence electrons. The molecule has 1 atom stereocenters. The minimum Gasteiger partial charge on any atom is -0.497 e. The third-order valence-electron chi connectivity index (χ3n) is 5.04. The third kappa shape index (κ3) is 5.23. The van der Waals surface area contributed by atoms with Crippen molar-refractivity contribution >= 4 is 5.91 Å². The fourth-order valence-corrected chi connectivity index (χ4v) is 3.48. The lowest BCUT2D eigenvalue weighted by Crippen LogP contribution is -2.50. The molecule has 0 saturated carbocycles. The summed E-state index contributed by atoms with van der Waals surface area (Å²) < 4.78 is 10.7. The maximum atomic E-state index is 12.3. The molecule has 3 rings (SSSR count). The first-order chi connectivity index (χ1) is 12.2. The second-order valence-corrected chi connectivity index (χ2v) is 6.80. The van der Waals surface area contributed by atoms with Crippen LogP contribution in [0.25, 0.3) is 0 Å². The van der Waals surface area contributed by atoms with Crippen molar-refractivity contribution in [3.8, 4) is 11.5 Å². The molecule has 0 spiro atoms. The molecule has 5 nitrogen and oxygen atoms in total. The van der Waals surface area contributed by atoms with Gasteiger partial charge >= 0.3 is 0 Å². The van der Waals surface area contributed by atoms with Gasteiger partial charge in [-0.3, -0.25) is 9.69 Å². The number of piperazine rings is 1. The second kappa shape index (κ2) is 8.90. The Morgan fingerprint density at radius 2 is 1.80 bits per heavy atom. The van der Waals surface area contributed by atoms with E-state index in [1.54, 1.807) is 7.11 Å². The zero-order valence-electron chi connectivity index (χ0n) is 15.0. The molecule has 0 radical (unpaired) electrons. The van der Waals surface area contributed by atoms with Crippen LogP contribution in [-0.2, 0) is 4.79 Å². The van der Waals surface area contributed by atoms with Crippen LogP contribution in [0, 0.1) is 5.92 Å². The molecule has 1 heterocycles. The van der Waals surface area contributed by atoms with Crippen molar-refractivity contribution in [2.45, 2.75) is 19.3 Å². The fourth-order valence-electron chi connectivity index (χ4n) is 3.48. The molecule has 2 aliphatic rings. The van der Waals surface area contributed by atoms with Crippen LogP contribution < -0.4 is 9.47 Å². The zero-order chi connectivity index (χ0) is 17.5. The Balaban J connectivity index is 1.38. The normalized spacial score (nSPS) is 21.2. The fraction of sp³-hybridized carbons (Fsp3) is 0.550. The van der Waals surface area contributed by atoms with Crippen LogP contribution in [-0.4, -0.2) is 62.1 Å². The summed E-state index contributed by atoms with van der Waals surface area (Å²) in [5.41, 5.74) is 0. The highest BCUT2D eigenvalue weighted by molar-refractivity contribution is 5.77. The van der Waals surface area contributed by atoms with E-state index in [9.17, 15) is 4.79 Å². The Kier molecular flexibility index (Phi) is 6.34. The number of nitrogens with zero attached hydrogens (tertiary/aromatic N) is 2. The molecule has 0 bridgehead atoms. The number of rotatable bonds is 6. The third-order valence-corrected chi connectivity index (χ3v) is 5.04. The predicted octanol–water partition coefficient (Wildman–Crippen LogP) is 2.57. The van der Waals surface area contributed by atoms with Gasteiger partial charge in [-0.15, -0.1) is 0 Å². The molecule has 1 aromatic carbocycles. The van der Waals surface area contributed by atoms with Gasteiger partial charge in [-0.1, -0.05) is 12.2 Å². The lowest BCUT2D eigenvalue weighted by atomic mass is 9.94. The molecule has 0 aromatic heterocycles. The molecule has 1 aliphatic carbocycles. The molecule has 0 unspecified atom stereocenters. The molecule has 1 saturated heterocycles. The Bertz CT molecular complexity index is 577. The lowest BCUT2D eigenvalue weighted by Gasteiger charge is -2.36. The average molecular weight is 344 g/mol. The van der Waals surface area contributed by atoms with Gasteiger partial charge < -0.3 is 14.4 Å². The molecular weight excluding hydrogens is 316 g/mol. The summed E-state index contributed by atoms with van der Waals surface area (Å²) in [6, 6.07) is 7.31. The highest BCUT2D eigenvalue weighted by Gasteiger charge is 2.23. The van der Waals surface area contributed by atoms with E-state index < -0.39 is 0 Å². The Morgan fingerprint density at radius 3 is 2.44 bits per heavy atom. The average Bonchev–Trinajstić information content (AvgIpc) is 2.68. The van der Waals surface area contributed by atoms with Gasteiger partial charge in [-0.25, -0.2) is 0 Å². The maximum Gasteiger partial charge on any atom is 0.260 e. The summed E-state index contributed by atoms with van der Waals surface area (Å²) in [4.78, 5) is 16.8. The van der Waals surface area contributed by atoms with E-state index in [2.05, 4.69) is 17.1 Å². The smallest absolute Gasteiger partial charge is 0.260 e. The van der Waals surface area contributed by atoms with Gasteiger partial charge in [0.1, 0.15) is 11.5 Å². The van der Waals surface area contributed by atoms with Crippen molar-refractivity contribution in [2.75, 3.05) is 46.4 Å². The molecule has 1 fully saturated rings. The number of ether oxygens (including phenoxy) is 2. The van der Waals surface area contributed by atoms with Crippen molar-refractivity contribution < 1.29 is 14.3 Å². The van der Waals surface area contributed by atoms with Crippen LogP contribution >= 0.6 is 0 Å². The van der Waals surface area contributed by atoms with Crippen LogP contribution in [0.5, 0.6) is 11.5 Å². The number of carbonyl (C=O) groups is 1. The monoisotopic (exact) mass is 344 g/mol. The molecule has 5 heteroatoms. The van der Waals surface area contributed by atoms with Crippen molar-refractivity contribution in [3.63, 3.8) is 0 Å². The zero-order valence-corrected chi connectivity index (χ0v) is 15.0. The standard InChI is InChI=1S/C20H28N2O3/c1-24-18-7-9-19(10-8-18)25-16-20(23)22-13-11-21(12-14-22)15-17-5-3-2-4-6-17/h2-3,7-10,17H,4-6,11-16H2,1H3/t17-/m0/s1. The quantitative estimate of drug-likeness (QED) is 0.744.